The highest BCUT2D eigenvalue weighted by Gasteiger charge is 2.12. The molecule has 0 amide bonds. The van der Waals surface area contributed by atoms with Crippen LogP contribution in [-0.4, -0.2) is 24.2 Å². The van der Waals surface area contributed by atoms with Gasteiger partial charge in [0.2, 0.25) is 0 Å². The van der Waals surface area contributed by atoms with E-state index in [0.29, 0.717) is 6.10 Å². The van der Waals surface area contributed by atoms with Crippen LogP contribution < -0.4 is 5.32 Å². The molecule has 2 heterocycles. The molecule has 0 radical (unpaired) electrons. The minimum atomic E-state index is 0.482. The van der Waals surface area contributed by atoms with E-state index >= 15 is 0 Å². The monoisotopic (exact) mass is 254 g/mol. The van der Waals surface area contributed by atoms with E-state index in [1.807, 2.05) is 0 Å². The summed E-state index contributed by atoms with van der Waals surface area (Å²) in [5, 5.41) is 4.66. The number of aromatic nitrogens is 1. The zero-order valence-corrected chi connectivity index (χ0v) is 11.6. The average molecular weight is 254 g/mol. The molecule has 1 aromatic heterocycles. The molecule has 0 aromatic carbocycles. The minimum absolute atomic E-state index is 0.482. The first kappa shape index (κ1) is 13.0. The topological polar surface area (TPSA) is 34.2 Å². The molecule has 3 nitrogen and oxygen atoms in total. The molecule has 1 atom stereocenters. The maximum atomic E-state index is 5.70. The molecule has 1 fully saturated rings. The fraction of sp³-hybridized carbons (Fsp3) is 0.769. The van der Waals surface area contributed by atoms with Crippen molar-refractivity contribution < 1.29 is 4.74 Å². The Kier molecular flexibility index (Phi) is 4.95. The van der Waals surface area contributed by atoms with Gasteiger partial charge in [0.05, 0.1) is 11.8 Å². The lowest BCUT2D eigenvalue weighted by molar-refractivity contribution is 0.0115. The maximum absolute atomic E-state index is 5.70. The summed E-state index contributed by atoms with van der Waals surface area (Å²) in [5.74, 6) is 0. The predicted octanol–water partition coefficient (Wildman–Crippen LogP) is 2.81. The Morgan fingerprint density at radius 1 is 1.41 bits per heavy atom. The largest absolute Gasteiger partial charge is 0.378 e. The van der Waals surface area contributed by atoms with E-state index in [1.165, 1.54) is 34.8 Å². The smallest absolute Gasteiger partial charge is 0.107 e. The van der Waals surface area contributed by atoms with Gasteiger partial charge in [-0.25, -0.2) is 4.98 Å². The van der Waals surface area contributed by atoms with E-state index in [4.69, 9.17) is 4.74 Å². The third-order valence-corrected chi connectivity index (χ3v) is 4.34. The van der Waals surface area contributed by atoms with Crippen molar-refractivity contribution in [1.29, 1.82) is 0 Å². The molecule has 1 unspecified atom stereocenters. The average Bonchev–Trinajstić information content (AvgIpc) is 2.66. The second-order valence-corrected chi connectivity index (χ2v) is 5.99. The van der Waals surface area contributed by atoms with Crippen LogP contribution >= 0.6 is 11.3 Å². The van der Waals surface area contributed by atoms with Gasteiger partial charge in [0, 0.05) is 18.0 Å². The van der Waals surface area contributed by atoms with Crippen molar-refractivity contribution in [2.24, 2.45) is 0 Å². The van der Waals surface area contributed by atoms with Gasteiger partial charge in [-0.2, -0.15) is 0 Å². The van der Waals surface area contributed by atoms with E-state index in [-0.39, 0.29) is 0 Å². The number of ether oxygens (including phenoxy) is 1. The van der Waals surface area contributed by atoms with Crippen molar-refractivity contribution in [3.63, 3.8) is 0 Å². The molecule has 1 saturated heterocycles. The molecule has 1 aromatic rings. The second kappa shape index (κ2) is 6.47. The number of aryl methyl sites for hydroxylation is 2. The zero-order chi connectivity index (χ0) is 12.1. The normalized spacial score (nSPS) is 20.7. The first-order chi connectivity index (χ1) is 8.25. The highest BCUT2D eigenvalue weighted by molar-refractivity contribution is 7.11. The third-order valence-electron chi connectivity index (χ3n) is 3.27. The molecule has 2 rings (SSSR count). The van der Waals surface area contributed by atoms with Gasteiger partial charge in [0.1, 0.15) is 5.01 Å². The summed E-state index contributed by atoms with van der Waals surface area (Å²) in [5.41, 5.74) is 1.17. The van der Waals surface area contributed by atoms with Crippen LogP contribution in [0.25, 0.3) is 0 Å². The summed E-state index contributed by atoms with van der Waals surface area (Å²) in [4.78, 5) is 5.85. The number of hydrogen-bond acceptors (Lipinski definition) is 4. The first-order valence-electron chi connectivity index (χ1n) is 6.51. The SMILES string of the molecule is Cc1nc(CNCCC2CCCCO2)sc1C. The highest BCUT2D eigenvalue weighted by Crippen LogP contribution is 2.17. The summed E-state index contributed by atoms with van der Waals surface area (Å²) in [7, 11) is 0. The van der Waals surface area contributed by atoms with Gasteiger partial charge >= 0.3 is 0 Å². The van der Waals surface area contributed by atoms with Crippen molar-refractivity contribution in [3.05, 3.63) is 15.6 Å². The number of nitrogens with zero attached hydrogens (tertiary/aromatic N) is 1. The molecule has 0 saturated carbocycles. The molecule has 0 aliphatic carbocycles. The van der Waals surface area contributed by atoms with E-state index < -0.39 is 0 Å². The van der Waals surface area contributed by atoms with E-state index in [1.54, 1.807) is 11.3 Å². The highest BCUT2D eigenvalue weighted by atomic mass is 32.1. The van der Waals surface area contributed by atoms with Crippen LogP contribution in [0.15, 0.2) is 0 Å². The number of thiazole rings is 1. The Balaban J connectivity index is 1.62. The van der Waals surface area contributed by atoms with Crippen LogP contribution in [-0.2, 0) is 11.3 Å². The number of hydrogen-bond donors (Lipinski definition) is 1. The Bertz CT molecular complexity index is 326. The van der Waals surface area contributed by atoms with Crippen LogP contribution in [0.3, 0.4) is 0 Å². The fourth-order valence-electron chi connectivity index (χ4n) is 2.11. The third kappa shape index (κ3) is 4.05. The van der Waals surface area contributed by atoms with Crippen molar-refractivity contribution in [3.8, 4) is 0 Å². The van der Waals surface area contributed by atoms with Crippen LogP contribution in [0, 0.1) is 13.8 Å². The molecule has 4 heteroatoms. The summed E-state index contributed by atoms with van der Waals surface area (Å²) in [6.07, 6.45) is 5.41. The summed E-state index contributed by atoms with van der Waals surface area (Å²) in [6.45, 7) is 7.08. The van der Waals surface area contributed by atoms with Crippen molar-refractivity contribution in [1.82, 2.24) is 10.3 Å². The van der Waals surface area contributed by atoms with Gasteiger partial charge in [-0.15, -0.1) is 11.3 Å². The van der Waals surface area contributed by atoms with E-state index in [2.05, 4.69) is 24.1 Å². The van der Waals surface area contributed by atoms with E-state index in [9.17, 15) is 0 Å². The predicted molar refractivity (Wildman–Crippen MR) is 71.5 cm³/mol. The maximum Gasteiger partial charge on any atom is 0.107 e. The lowest BCUT2D eigenvalue weighted by Crippen LogP contribution is -2.25. The van der Waals surface area contributed by atoms with Crippen LogP contribution in [0.1, 0.15) is 41.3 Å². The van der Waals surface area contributed by atoms with Crippen molar-refractivity contribution in [2.45, 2.75) is 52.2 Å². The van der Waals surface area contributed by atoms with Crippen molar-refractivity contribution in [2.75, 3.05) is 13.2 Å². The molecule has 1 aliphatic rings. The van der Waals surface area contributed by atoms with Gasteiger partial charge in [-0.05, 0) is 46.1 Å². The molecule has 1 aliphatic heterocycles. The van der Waals surface area contributed by atoms with Gasteiger partial charge in [0.25, 0.3) is 0 Å². The molecule has 17 heavy (non-hydrogen) atoms. The zero-order valence-electron chi connectivity index (χ0n) is 10.8. The standard InChI is InChI=1S/C13H22N2OS/c1-10-11(2)17-13(15-10)9-14-7-6-12-5-3-4-8-16-12/h12,14H,3-9H2,1-2H3. The lowest BCUT2D eigenvalue weighted by Gasteiger charge is -2.22. The van der Waals surface area contributed by atoms with Crippen molar-refractivity contribution >= 4 is 11.3 Å². The molecule has 0 bridgehead atoms. The number of rotatable bonds is 5. The quantitative estimate of drug-likeness (QED) is 0.820. The molecular weight excluding hydrogens is 232 g/mol. The second-order valence-electron chi connectivity index (χ2n) is 4.70. The van der Waals surface area contributed by atoms with Gasteiger partial charge in [0.15, 0.2) is 0 Å². The summed E-state index contributed by atoms with van der Waals surface area (Å²) >= 11 is 1.80. The first-order valence-corrected chi connectivity index (χ1v) is 7.32. The van der Waals surface area contributed by atoms with Crippen LogP contribution in [0.2, 0.25) is 0 Å². The Labute approximate surface area is 108 Å². The van der Waals surface area contributed by atoms with Crippen LogP contribution in [0.5, 0.6) is 0 Å². The van der Waals surface area contributed by atoms with E-state index in [0.717, 1.165) is 26.1 Å². The molecule has 0 spiro atoms. The molecule has 1 N–H and O–H groups in total. The van der Waals surface area contributed by atoms with Gasteiger partial charge in [-0.3, -0.25) is 0 Å². The summed E-state index contributed by atoms with van der Waals surface area (Å²) < 4.78 is 5.70. The summed E-state index contributed by atoms with van der Waals surface area (Å²) in [6, 6.07) is 0. The minimum Gasteiger partial charge on any atom is -0.378 e. The Morgan fingerprint density at radius 3 is 2.94 bits per heavy atom. The lowest BCUT2D eigenvalue weighted by atomic mass is 10.1. The molecule has 96 valence electrons. The fourth-order valence-corrected chi connectivity index (χ4v) is 3.01. The Morgan fingerprint density at radius 2 is 2.29 bits per heavy atom. The molecular formula is C13H22N2OS. The number of nitrogens with one attached hydrogen (secondary N) is 1. The van der Waals surface area contributed by atoms with Crippen LogP contribution in [0.4, 0.5) is 0 Å². The Hall–Kier alpha value is -0.450. The van der Waals surface area contributed by atoms with Gasteiger partial charge in [-0.1, -0.05) is 0 Å². The van der Waals surface area contributed by atoms with Gasteiger partial charge < -0.3 is 10.1 Å².